The van der Waals surface area contributed by atoms with Gasteiger partial charge in [-0.1, -0.05) is 0 Å². The van der Waals surface area contributed by atoms with E-state index in [9.17, 15) is 18.4 Å². The van der Waals surface area contributed by atoms with Gasteiger partial charge in [0.1, 0.15) is 6.54 Å². The molecule has 0 aliphatic carbocycles. The number of benzene rings is 1. The second-order valence-corrected chi connectivity index (χ2v) is 3.80. The first-order valence-corrected chi connectivity index (χ1v) is 5.45. The zero-order valence-electron chi connectivity index (χ0n) is 10.8. The van der Waals surface area contributed by atoms with Gasteiger partial charge in [0.2, 0.25) is 0 Å². The van der Waals surface area contributed by atoms with Crippen molar-refractivity contribution in [3.63, 3.8) is 0 Å². The second-order valence-electron chi connectivity index (χ2n) is 3.80. The van der Waals surface area contributed by atoms with Crippen LogP contribution in [0.3, 0.4) is 0 Å². The molecule has 1 N–H and O–H groups in total. The van der Waals surface area contributed by atoms with Gasteiger partial charge < -0.3 is 19.5 Å². The van der Waals surface area contributed by atoms with Crippen molar-refractivity contribution in [3.8, 4) is 11.5 Å². The summed E-state index contributed by atoms with van der Waals surface area (Å²) in [6, 6.07) is 3.62. The Bertz CT molecular complexity index is 507. The predicted octanol–water partition coefficient (Wildman–Crippen LogP) is 1.45. The number of hydrogen-bond donors (Lipinski definition) is 1. The minimum Gasteiger partial charge on any atom is -0.493 e. The van der Waals surface area contributed by atoms with Gasteiger partial charge in [-0.2, -0.15) is 8.78 Å². The summed E-state index contributed by atoms with van der Waals surface area (Å²) in [6.07, 6.45) is 0. The van der Waals surface area contributed by atoms with E-state index in [1.54, 1.807) is 0 Å². The van der Waals surface area contributed by atoms with Crippen LogP contribution in [0.2, 0.25) is 0 Å². The molecule has 1 aromatic carbocycles. The van der Waals surface area contributed by atoms with Crippen molar-refractivity contribution < 1.29 is 33.0 Å². The lowest BCUT2D eigenvalue weighted by Crippen LogP contribution is -2.31. The van der Waals surface area contributed by atoms with Gasteiger partial charge in [0.05, 0.1) is 7.11 Å². The highest BCUT2D eigenvalue weighted by molar-refractivity contribution is 5.96. The first-order chi connectivity index (χ1) is 9.35. The number of alkyl halides is 2. The summed E-state index contributed by atoms with van der Waals surface area (Å²) in [4.78, 5) is 23.4. The number of ether oxygens (including phenoxy) is 2. The van der Waals surface area contributed by atoms with Crippen LogP contribution in [-0.2, 0) is 4.79 Å². The number of hydrogen-bond acceptors (Lipinski definition) is 4. The maximum Gasteiger partial charge on any atom is 0.387 e. The lowest BCUT2D eigenvalue weighted by Gasteiger charge is -2.16. The Morgan fingerprint density at radius 1 is 1.35 bits per heavy atom. The first kappa shape index (κ1) is 15.7. The smallest absolute Gasteiger partial charge is 0.387 e. The predicted molar refractivity (Wildman–Crippen MR) is 64.2 cm³/mol. The van der Waals surface area contributed by atoms with Crippen LogP contribution in [0.15, 0.2) is 18.2 Å². The molecule has 6 nitrogen and oxygen atoms in total. The summed E-state index contributed by atoms with van der Waals surface area (Å²) in [5.74, 6) is -1.99. The van der Waals surface area contributed by atoms with E-state index in [1.807, 2.05) is 0 Å². The van der Waals surface area contributed by atoms with Crippen molar-refractivity contribution in [2.75, 3.05) is 20.7 Å². The molecule has 0 aliphatic rings. The molecule has 0 fully saturated rings. The van der Waals surface area contributed by atoms with Gasteiger partial charge in [-0.3, -0.25) is 9.59 Å². The molecule has 0 saturated carbocycles. The number of carbonyl (C=O) groups is 2. The normalized spacial score (nSPS) is 10.2. The molecule has 0 radical (unpaired) electrons. The number of carboxylic acid groups (broad SMARTS) is 1. The van der Waals surface area contributed by atoms with Gasteiger partial charge >= 0.3 is 12.6 Å². The van der Waals surface area contributed by atoms with Crippen LogP contribution >= 0.6 is 0 Å². The minimum atomic E-state index is -3.01. The fourth-order valence-electron chi connectivity index (χ4n) is 1.49. The molecule has 0 aromatic heterocycles. The SMILES string of the molecule is COc1cc(C(=O)N(C)CC(=O)O)ccc1OC(F)F. The van der Waals surface area contributed by atoms with Gasteiger partial charge in [0.15, 0.2) is 11.5 Å². The van der Waals surface area contributed by atoms with Crippen LogP contribution in [0.4, 0.5) is 8.78 Å². The standard InChI is InChI=1S/C12H13F2NO5/c1-15(6-10(16)17)11(18)7-3-4-8(20-12(13)14)9(5-7)19-2/h3-5,12H,6H2,1-2H3,(H,16,17). The molecule has 0 heterocycles. The Labute approximate surface area is 113 Å². The van der Waals surface area contributed by atoms with E-state index in [4.69, 9.17) is 9.84 Å². The molecular formula is C12H13F2NO5. The highest BCUT2D eigenvalue weighted by Crippen LogP contribution is 2.29. The molecule has 0 bridgehead atoms. The van der Waals surface area contributed by atoms with Gasteiger partial charge in [-0.15, -0.1) is 0 Å². The molecule has 0 unspecified atom stereocenters. The van der Waals surface area contributed by atoms with E-state index in [0.29, 0.717) is 0 Å². The molecule has 8 heteroatoms. The van der Waals surface area contributed by atoms with E-state index in [1.165, 1.54) is 26.3 Å². The van der Waals surface area contributed by atoms with E-state index < -0.39 is 25.0 Å². The zero-order valence-corrected chi connectivity index (χ0v) is 10.8. The first-order valence-electron chi connectivity index (χ1n) is 5.45. The lowest BCUT2D eigenvalue weighted by atomic mass is 10.1. The Kier molecular flexibility index (Phi) is 5.24. The average Bonchev–Trinajstić information content (AvgIpc) is 2.36. The van der Waals surface area contributed by atoms with Crippen molar-refractivity contribution in [2.45, 2.75) is 6.61 Å². The molecule has 0 spiro atoms. The largest absolute Gasteiger partial charge is 0.493 e. The van der Waals surface area contributed by atoms with E-state index in [-0.39, 0.29) is 17.1 Å². The Morgan fingerprint density at radius 2 is 2.00 bits per heavy atom. The number of aliphatic carboxylic acids is 1. The van der Waals surface area contributed by atoms with Crippen molar-refractivity contribution in [1.82, 2.24) is 4.90 Å². The van der Waals surface area contributed by atoms with Crippen LogP contribution in [-0.4, -0.2) is 49.2 Å². The fourth-order valence-corrected chi connectivity index (χ4v) is 1.49. The highest BCUT2D eigenvalue weighted by atomic mass is 19.3. The number of methoxy groups -OCH3 is 1. The molecule has 1 rings (SSSR count). The summed E-state index contributed by atoms with van der Waals surface area (Å²) in [5.41, 5.74) is 0.104. The highest BCUT2D eigenvalue weighted by Gasteiger charge is 2.18. The monoisotopic (exact) mass is 289 g/mol. The van der Waals surface area contributed by atoms with E-state index >= 15 is 0 Å². The van der Waals surface area contributed by atoms with Crippen LogP contribution in [0.5, 0.6) is 11.5 Å². The third kappa shape index (κ3) is 4.08. The minimum absolute atomic E-state index is 0.0418. The maximum atomic E-state index is 12.1. The molecule has 20 heavy (non-hydrogen) atoms. The Morgan fingerprint density at radius 3 is 2.50 bits per heavy atom. The molecule has 0 saturated heterocycles. The van der Waals surface area contributed by atoms with Crippen molar-refractivity contribution >= 4 is 11.9 Å². The van der Waals surface area contributed by atoms with Gasteiger partial charge in [0.25, 0.3) is 5.91 Å². The van der Waals surface area contributed by atoms with Crippen molar-refractivity contribution in [1.29, 1.82) is 0 Å². The van der Waals surface area contributed by atoms with Gasteiger partial charge in [-0.25, -0.2) is 0 Å². The Balaban J connectivity index is 2.97. The summed E-state index contributed by atoms with van der Waals surface area (Å²) in [5, 5.41) is 8.60. The number of halogens is 2. The van der Waals surface area contributed by atoms with Crippen molar-refractivity contribution in [3.05, 3.63) is 23.8 Å². The van der Waals surface area contributed by atoms with Crippen molar-refractivity contribution in [2.24, 2.45) is 0 Å². The van der Waals surface area contributed by atoms with Gasteiger partial charge in [0, 0.05) is 12.6 Å². The number of amides is 1. The number of nitrogens with zero attached hydrogens (tertiary/aromatic N) is 1. The van der Waals surface area contributed by atoms with Crippen LogP contribution in [0, 0.1) is 0 Å². The number of likely N-dealkylation sites (N-methyl/N-ethyl adjacent to an activating group) is 1. The molecule has 1 aromatic rings. The molecule has 0 atom stereocenters. The third-order valence-corrected chi connectivity index (χ3v) is 2.35. The average molecular weight is 289 g/mol. The third-order valence-electron chi connectivity index (χ3n) is 2.35. The van der Waals surface area contributed by atoms with Crippen LogP contribution < -0.4 is 9.47 Å². The van der Waals surface area contributed by atoms with Gasteiger partial charge in [-0.05, 0) is 18.2 Å². The molecule has 110 valence electrons. The number of carboxylic acids is 1. The molecular weight excluding hydrogens is 276 g/mol. The maximum absolute atomic E-state index is 12.1. The number of rotatable bonds is 6. The van der Waals surface area contributed by atoms with E-state index in [2.05, 4.69) is 4.74 Å². The molecule has 0 aliphatic heterocycles. The quantitative estimate of drug-likeness (QED) is 0.858. The summed E-state index contributed by atoms with van der Waals surface area (Å²) in [7, 11) is 2.55. The van der Waals surface area contributed by atoms with Crippen LogP contribution in [0.1, 0.15) is 10.4 Å². The lowest BCUT2D eigenvalue weighted by molar-refractivity contribution is -0.137. The Hall–Kier alpha value is -2.38. The topological polar surface area (TPSA) is 76.1 Å². The second kappa shape index (κ2) is 6.69. The van der Waals surface area contributed by atoms with Crippen LogP contribution in [0.25, 0.3) is 0 Å². The summed E-state index contributed by atoms with van der Waals surface area (Å²) >= 11 is 0. The fraction of sp³-hybridized carbons (Fsp3) is 0.333. The zero-order chi connectivity index (χ0) is 15.3. The molecule has 1 amide bonds. The summed E-state index contributed by atoms with van der Waals surface area (Å²) < 4.78 is 33.4. The number of carbonyl (C=O) groups excluding carboxylic acids is 1. The van der Waals surface area contributed by atoms with E-state index in [0.717, 1.165) is 11.0 Å². The summed E-state index contributed by atoms with van der Waals surface area (Å²) in [6.45, 7) is -3.49.